The van der Waals surface area contributed by atoms with E-state index in [0.29, 0.717) is 25.8 Å². The fraction of sp³-hybridized carbons (Fsp3) is 0.600. The lowest BCUT2D eigenvalue weighted by Gasteiger charge is -2.36. The number of carbonyl (C=O) groups excluding carboxylic acids is 2. The summed E-state index contributed by atoms with van der Waals surface area (Å²) in [6, 6.07) is 4.06. The average molecular weight is 294 g/mol. The Hall–Kier alpha value is -1.36. The number of hydrogen-bond acceptors (Lipinski definition) is 3. The van der Waals surface area contributed by atoms with Crippen molar-refractivity contribution in [1.29, 1.82) is 0 Å². The second-order valence-corrected chi connectivity index (χ2v) is 6.26. The first-order chi connectivity index (χ1) is 9.54. The summed E-state index contributed by atoms with van der Waals surface area (Å²) in [5.74, 6) is 0.0252. The van der Waals surface area contributed by atoms with Gasteiger partial charge in [-0.05, 0) is 31.2 Å². The first-order valence-corrected chi connectivity index (χ1v) is 8.07. The molecule has 0 spiro atoms. The maximum atomic E-state index is 12.9. The van der Waals surface area contributed by atoms with E-state index in [4.69, 9.17) is 0 Å². The molecule has 1 aliphatic rings. The topological polar surface area (TPSA) is 49.4 Å². The number of amides is 2. The molecular weight excluding hydrogens is 272 g/mol. The standard InChI is InChI=1S/C15H22N2O2S/c1-4-15(5-2)14(19)17(9-8-13(18)16-15)11(3)12-7-6-10-20-12/h6-7,10-11H,4-5,8-9H2,1-3H3,(H,16,18). The van der Waals surface area contributed by atoms with Gasteiger partial charge in [0.05, 0.1) is 6.04 Å². The molecule has 0 radical (unpaired) electrons. The van der Waals surface area contributed by atoms with E-state index in [1.165, 1.54) is 0 Å². The lowest BCUT2D eigenvalue weighted by molar-refractivity contribution is -0.141. The van der Waals surface area contributed by atoms with Gasteiger partial charge in [0, 0.05) is 17.8 Å². The molecule has 2 amide bonds. The van der Waals surface area contributed by atoms with Crippen LogP contribution < -0.4 is 5.32 Å². The first-order valence-electron chi connectivity index (χ1n) is 7.19. The van der Waals surface area contributed by atoms with Gasteiger partial charge in [-0.15, -0.1) is 11.3 Å². The van der Waals surface area contributed by atoms with Gasteiger partial charge >= 0.3 is 0 Å². The molecule has 20 heavy (non-hydrogen) atoms. The molecule has 1 fully saturated rings. The van der Waals surface area contributed by atoms with Crippen LogP contribution in [0.2, 0.25) is 0 Å². The fourth-order valence-corrected chi connectivity index (χ4v) is 3.56. The van der Waals surface area contributed by atoms with Gasteiger partial charge < -0.3 is 10.2 Å². The zero-order chi connectivity index (χ0) is 14.8. The highest BCUT2D eigenvalue weighted by atomic mass is 32.1. The lowest BCUT2D eigenvalue weighted by atomic mass is 9.90. The zero-order valence-electron chi connectivity index (χ0n) is 12.3. The summed E-state index contributed by atoms with van der Waals surface area (Å²) in [5.41, 5.74) is -0.737. The van der Waals surface area contributed by atoms with Crippen molar-refractivity contribution in [3.63, 3.8) is 0 Å². The van der Waals surface area contributed by atoms with Crippen LogP contribution in [0.5, 0.6) is 0 Å². The summed E-state index contributed by atoms with van der Waals surface area (Å²) in [5, 5.41) is 4.96. The van der Waals surface area contributed by atoms with Crippen molar-refractivity contribution in [2.75, 3.05) is 6.54 Å². The molecule has 0 aromatic carbocycles. The number of thiophene rings is 1. The molecule has 5 heteroatoms. The maximum absolute atomic E-state index is 12.9. The monoisotopic (exact) mass is 294 g/mol. The summed E-state index contributed by atoms with van der Waals surface area (Å²) in [6.07, 6.45) is 1.63. The predicted molar refractivity (Wildman–Crippen MR) is 80.5 cm³/mol. The van der Waals surface area contributed by atoms with Gasteiger partial charge in [-0.3, -0.25) is 9.59 Å². The Morgan fingerprint density at radius 3 is 2.65 bits per heavy atom. The van der Waals surface area contributed by atoms with Crippen LogP contribution in [0.25, 0.3) is 0 Å². The second-order valence-electron chi connectivity index (χ2n) is 5.28. The minimum absolute atomic E-state index is 0.0210. The van der Waals surface area contributed by atoms with Crippen molar-refractivity contribution >= 4 is 23.2 Å². The molecule has 1 aromatic heterocycles. The second kappa shape index (κ2) is 5.95. The van der Waals surface area contributed by atoms with E-state index in [-0.39, 0.29) is 17.9 Å². The van der Waals surface area contributed by atoms with Crippen molar-refractivity contribution in [3.05, 3.63) is 22.4 Å². The third-order valence-corrected chi connectivity index (χ3v) is 5.30. The normalized spacial score (nSPS) is 20.4. The molecule has 0 saturated carbocycles. The van der Waals surface area contributed by atoms with Crippen LogP contribution in [0, 0.1) is 0 Å². The van der Waals surface area contributed by atoms with Crippen molar-refractivity contribution in [1.82, 2.24) is 10.2 Å². The minimum atomic E-state index is -0.737. The number of nitrogens with zero attached hydrogens (tertiary/aromatic N) is 1. The van der Waals surface area contributed by atoms with Gasteiger partial charge in [0.1, 0.15) is 5.54 Å². The van der Waals surface area contributed by atoms with E-state index in [0.717, 1.165) is 4.88 Å². The van der Waals surface area contributed by atoms with E-state index in [1.54, 1.807) is 11.3 Å². The van der Waals surface area contributed by atoms with Gasteiger partial charge in [0.25, 0.3) is 0 Å². The Balaban J connectivity index is 2.32. The minimum Gasteiger partial charge on any atom is -0.342 e. The van der Waals surface area contributed by atoms with Crippen LogP contribution in [0.3, 0.4) is 0 Å². The highest BCUT2D eigenvalue weighted by Crippen LogP contribution is 2.30. The summed E-state index contributed by atoms with van der Waals surface area (Å²) >= 11 is 1.65. The summed E-state index contributed by atoms with van der Waals surface area (Å²) in [6.45, 7) is 6.45. The molecule has 1 unspecified atom stereocenters. The summed E-state index contributed by atoms with van der Waals surface area (Å²) in [4.78, 5) is 27.9. The predicted octanol–water partition coefficient (Wildman–Crippen LogP) is 2.72. The first kappa shape index (κ1) is 15.0. The number of nitrogens with one attached hydrogen (secondary N) is 1. The summed E-state index contributed by atoms with van der Waals surface area (Å²) < 4.78 is 0. The molecule has 2 rings (SSSR count). The smallest absolute Gasteiger partial charge is 0.248 e. The van der Waals surface area contributed by atoms with Crippen molar-refractivity contribution in [3.8, 4) is 0 Å². The Labute approximate surface area is 124 Å². The molecule has 1 atom stereocenters. The highest BCUT2D eigenvalue weighted by Gasteiger charge is 2.43. The van der Waals surface area contributed by atoms with Crippen LogP contribution in [0.1, 0.15) is 51.0 Å². The van der Waals surface area contributed by atoms with E-state index in [2.05, 4.69) is 5.32 Å². The van der Waals surface area contributed by atoms with Crippen LogP contribution in [0.4, 0.5) is 0 Å². The van der Waals surface area contributed by atoms with E-state index < -0.39 is 5.54 Å². The van der Waals surface area contributed by atoms with Crippen molar-refractivity contribution in [2.45, 2.75) is 51.6 Å². The van der Waals surface area contributed by atoms with Gasteiger partial charge in [-0.2, -0.15) is 0 Å². The molecule has 0 bridgehead atoms. The highest BCUT2D eigenvalue weighted by molar-refractivity contribution is 7.10. The van der Waals surface area contributed by atoms with Crippen LogP contribution in [-0.4, -0.2) is 28.8 Å². The molecule has 4 nitrogen and oxygen atoms in total. The molecule has 1 N–H and O–H groups in total. The number of carbonyl (C=O) groups is 2. The largest absolute Gasteiger partial charge is 0.342 e. The van der Waals surface area contributed by atoms with Crippen LogP contribution >= 0.6 is 11.3 Å². The SMILES string of the molecule is CCC1(CC)NC(=O)CCN(C(C)c2cccs2)C1=O. The quantitative estimate of drug-likeness (QED) is 0.928. The Morgan fingerprint density at radius 2 is 2.10 bits per heavy atom. The Kier molecular flexibility index (Phi) is 4.48. The summed E-state index contributed by atoms with van der Waals surface area (Å²) in [7, 11) is 0. The third kappa shape index (κ3) is 2.59. The van der Waals surface area contributed by atoms with Crippen molar-refractivity contribution in [2.24, 2.45) is 0 Å². The molecule has 110 valence electrons. The maximum Gasteiger partial charge on any atom is 0.248 e. The Bertz CT molecular complexity index is 480. The molecule has 2 heterocycles. The molecule has 1 saturated heterocycles. The number of hydrogen-bond donors (Lipinski definition) is 1. The van der Waals surface area contributed by atoms with E-state index >= 15 is 0 Å². The van der Waals surface area contributed by atoms with Crippen molar-refractivity contribution < 1.29 is 9.59 Å². The molecule has 1 aliphatic heterocycles. The molecular formula is C15H22N2O2S. The van der Waals surface area contributed by atoms with E-state index in [1.807, 2.05) is 43.2 Å². The van der Waals surface area contributed by atoms with E-state index in [9.17, 15) is 9.59 Å². The lowest BCUT2D eigenvalue weighted by Crippen LogP contribution is -2.56. The van der Waals surface area contributed by atoms with Gasteiger partial charge in [0.2, 0.25) is 11.8 Å². The number of rotatable bonds is 4. The van der Waals surface area contributed by atoms with Gasteiger partial charge in [0.15, 0.2) is 0 Å². The fourth-order valence-electron chi connectivity index (χ4n) is 2.76. The Morgan fingerprint density at radius 1 is 1.40 bits per heavy atom. The van der Waals surface area contributed by atoms with Crippen LogP contribution in [-0.2, 0) is 9.59 Å². The average Bonchev–Trinajstić information content (AvgIpc) is 2.94. The van der Waals surface area contributed by atoms with Gasteiger partial charge in [-0.25, -0.2) is 0 Å². The van der Waals surface area contributed by atoms with Gasteiger partial charge in [-0.1, -0.05) is 19.9 Å². The molecule has 1 aromatic rings. The third-order valence-electron chi connectivity index (χ3n) is 4.26. The zero-order valence-corrected chi connectivity index (χ0v) is 13.1. The molecule has 0 aliphatic carbocycles. The van der Waals surface area contributed by atoms with Crippen LogP contribution in [0.15, 0.2) is 17.5 Å².